The summed E-state index contributed by atoms with van der Waals surface area (Å²) in [5.74, 6) is -1.14. The molecule has 0 bridgehead atoms. The third-order valence-corrected chi connectivity index (χ3v) is 3.44. The molecule has 0 N–H and O–H groups in total. The topological polar surface area (TPSA) is 65.2 Å². The molecule has 0 saturated heterocycles. The van der Waals surface area contributed by atoms with Gasteiger partial charge in [-0.1, -0.05) is 29.3 Å². The van der Waals surface area contributed by atoms with Gasteiger partial charge in [0.05, 0.1) is 5.56 Å². The molecule has 0 radical (unpaired) electrons. The van der Waals surface area contributed by atoms with Crippen LogP contribution in [0.4, 0.5) is 4.39 Å². The van der Waals surface area contributed by atoms with Crippen LogP contribution in [-0.2, 0) is 11.3 Å². The lowest BCUT2D eigenvalue weighted by Gasteiger charge is -2.03. The fourth-order valence-electron chi connectivity index (χ4n) is 2.07. The zero-order valence-electron chi connectivity index (χ0n) is 12.6. The van der Waals surface area contributed by atoms with Crippen molar-refractivity contribution >= 4 is 17.6 Å². The van der Waals surface area contributed by atoms with E-state index in [4.69, 9.17) is 20.8 Å². The molecule has 7 heteroatoms. The van der Waals surface area contributed by atoms with E-state index >= 15 is 0 Å². The number of benzene rings is 2. The van der Waals surface area contributed by atoms with Gasteiger partial charge >= 0.3 is 5.97 Å². The van der Waals surface area contributed by atoms with Crippen molar-refractivity contribution in [2.24, 2.45) is 0 Å². The Morgan fingerprint density at radius 2 is 2.08 bits per heavy atom. The summed E-state index contributed by atoms with van der Waals surface area (Å²) in [6, 6.07) is 11.3. The molecule has 24 heavy (non-hydrogen) atoms. The summed E-state index contributed by atoms with van der Waals surface area (Å²) in [6.45, 7) is 1.70. The average molecular weight is 347 g/mol. The molecule has 0 unspecified atom stereocenters. The lowest BCUT2D eigenvalue weighted by molar-refractivity contribution is 0.0433. The normalized spacial score (nSPS) is 10.6. The van der Waals surface area contributed by atoms with Crippen LogP contribution in [0.5, 0.6) is 0 Å². The van der Waals surface area contributed by atoms with Gasteiger partial charge in [-0.15, -0.1) is 10.2 Å². The van der Waals surface area contributed by atoms with E-state index in [1.54, 1.807) is 0 Å². The zero-order chi connectivity index (χ0) is 17.1. The predicted octanol–water partition coefficient (Wildman–Crippen LogP) is 4.19. The van der Waals surface area contributed by atoms with Gasteiger partial charge in [0.2, 0.25) is 5.89 Å². The third kappa shape index (κ3) is 3.60. The number of halogens is 2. The Labute approximate surface area is 142 Å². The van der Waals surface area contributed by atoms with E-state index in [2.05, 4.69) is 10.2 Å². The number of hydrogen-bond acceptors (Lipinski definition) is 5. The molecule has 0 atom stereocenters. The molecule has 122 valence electrons. The second-order valence-electron chi connectivity index (χ2n) is 5.07. The van der Waals surface area contributed by atoms with E-state index in [1.807, 2.05) is 31.2 Å². The van der Waals surface area contributed by atoms with Crippen LogP contribution < -0.4 is 0 Å². The Kier molecular flexibility index (Phi) is 4.57. The van der Waals surface area contributed by atoms with E-state index < -0.39 is 11.8 Å². The molecule has 3 aromatic rings. The summed E-state index contributed by atoms with van der Waals surface area (Å²) >= 11 is 5.64. The molecule has 5 nitrogen and oxygen atoms in total. The maximum absolute atomic E-state index is 13.7. The first kappa shape index (κ1) is 16.1. The van der Waals surface area contributed by atoms with Gasteiger partial charge in [0.1, 0.15) is 5.82 Å². The van der Waals surface area contributed by atoms with Gasteiger partial charge in [-0.25, -0.2) is 9.18 Å². The van der Waals surface area contributed by atoms with Crippen molar-refractivity contribution in [3.8, 4) is 11.5 Å². The highest BCUT2D eigenvalue weighted by atomic mass is 35.5. The first-order valence-electron chi connectivity index (χ1n) is 7.04. The van der Waals surface area contributed by atoms with Crippen LogP contribution in [0.1, 0.15) is 21.8 Å². The highest BCUT2D eigenvalue weighted by molar-refractivity contribution is 6.30. The first-order chi connectivity index (χ1) is 11.5. The standard InChI is InChI=1S/C17H12ClFN2O3/c1-10-3-2-4-11(7-10)16-21-20-15(24-16)9-23-17(22)13-6-5-12(18)8-14(13)19/h2-8H,9H2,1H3. The van der Waals surface area contributed by atoms with Gasteiger partial charge in [0, 0.05) is 10.6 Å². The summed E-state index contributed by atoms with van der Waals surface area (Å²) in [5.41, 5.74) is 1.61. The van der Waals surface area contributed by atoms with Crippen molar-refractivity contribution in [1.82, 2.24) is 10.2 Å². The molecule has 0 fully saturated rings. The minimum absolute atomic E-state index is 0.120. The molecule has 1 heterocycles. The SMILES string of the molecule is Cc1cccc(-c2nnc(COC(=O)c3ccc(Cl)cc3F)o2)c1. The number of ether oxygens (including phenoxy) is 1. The Morgan fingerprint density at radius 1 is 1.25 bits per heavy atom. The number of rotatable bonds is 4. The lowest BCUT2D eigenvalue weighted by Crippen LogP contribution is -2.07. The summed E-state index contributed by atoms with van der Waals surface area (Å²) in [4.78, 5) is 11.9. The molecule has 0 spiro atoms. The number of aromatic nitrogens is 2. The molecule has 0 aliphatic heterocycles. The van der Waals surface area contributed by atoms with Crippen molar-refractivity contribution in [3.63, 3.8) is 0 Å². The molecular formula is C17H12ClFN2O3. The van der Waals surface area contributed by atoms with Crippen LogP contribution >= 0.6 is 11.6 Å². The van der Waals surface area contributed by atoms with Crippen LogP contribution in [0.25, 0.3) is 11.5 Å². The number of carbonyl (C=O) groups is 1. The fraction of sp³-hybridized carbons (Fsp3) is 0.118. The van der Waals surface area contributed by atoms with Crippen molar-refractivity contribution in [3.05, 3.63) is 70.3 Å². The summed E-state index contributed by atoms with van der Waals surface area (Å²) in [6.07, 6.45) is 0. The van der Waals surface area contributed by atoms with Crippen molar-refractivity contribution < 1.29 is 18.3 Å². The smallest absolute Gasteiger partial charge is 0.341 e. The van der Waals surface area contributed by atoms with Crippen LogP contribution in [0, 0.1) is 12.7 Å². The first-order valence-corrected chi connectivity index (χ1v) is 7.42. The van der Waals surface area contributed by atoms with Crippen LogP contribution in [0.15, 0.2) is 46.9 Å². The molecule has 0 aliphatic carbocycles. The van der Waals surface area contributed by atoms with Gasteiger partial charge in [-0.05, 0) is 37.3 Å². The monoisotopic (exact) mass is 346 g/mol. The lowest BCUT2D eigenvalue weighted by atomic mass is 10.1. The fourth-order valence-corrected chi connectivity index (χ4v) is 2.23. The Bertz CT molecular complexity index is 895. The van der Waals surface area contributed by atoms with Crippen molar-refractivity contribution in [1.29, 1.82) is 0 Å². The number of hydrogen-bond donors (Lipinski definition) is 0. The molecule has 1 aromatic heterocycles. The van der Waals surface area contributed by atoms with Gasteiger partial charge in [0.15, 0.2) is 6.61 Å². The number of carbonyl (C=O) groups excluding carboxylic acids is 1. The highest BCUT2D eigenvalue weighted by Crippen LogP contribution is 2.20. The largest absolute Gasteiger partial charge is 0.452 e. The van der Waals surface area contributed by atoms with E-state index in [0.717, 1.165) is 17.2 Å². The van der Waals surface area contributed by atoms with Gasteiger partial charge < -0.3 is 9.15 Å². The zero-order valence-corrected chi connectivity index (χ0v) is 13.4. The second kappa shape index (κ2) is 6.80. The van der Waals surface area contributed by atoms with Crippen molar-refractivity contribution in [2.75, 3.05) is 0 Å². The van der Waals surface area contributed by atoms with Gasteiger partial charge in [-0.2, -0.15) is 0 Å². The van der Waals surface area contributed by atoms with Crippen LogP contribution in [0.2, 0.25) is 5.02 Å². The summed E-state index contributed by atoms with van der Waals surface area (Å²) in [7, 11) is 0. The Balaban J connectivity index is 1.68. The van der Waals surface area contributed by atoms with E-state index in [1.165, 1.54) is 12.1 Å². The minimum Gasteiger partial charge on any atom is -0.452 e. The Morgan fingerprint density at radius 3 is 2.83 bits per heavy atom. The maximum Gasteiger partial charge on any atom is 0.341 e. The molecule has 2 aromatic carbocycles. The quantitative estimate of drug-likeness (QED) is 0.662. The second-order valence-corrected chi connectivity index (χ2v) is 5.51. The average Bonchev–Trinajstić information content (AvgIpc) is 3.01. The molecule has 0 amide bonds. The maximum atomic E-state index is 13.7. The van der Waals surface area contributed by atoms with E-state index in [-0.39, 0.29) is 23.1 Å². The van der Waals surface area contributed by atoms with Gasteiger partial charge in [0.25, 0.3) is 5.89 Å². The highest BCUT2D eigenvalue weighted by Gasteiger charge is 2.16. The van der Waals surface area contributed by atoms with Gasteiger partial charge in [-0.3, -0.25) is 0 Å². The van der Waals surface area contributed by atoms with Crippen LogP contribution in [-0.4, -0.2) is 16.2 Å². The number of aryl methyl sites for hydroxylation is 1. The van der Waals surface area contributed by atoms with Crippen LogP contribution in [0.3, 0.4) is 0 Å². The molecule has 0 saturated carbocycles. The number of esters is 1. The minimum atomic E-state index is -0.834. The summed E-state index contributed by atoms with van der Waals surface area (Å²) < 4.78 is 24.1. The third-order valence-electron chi connectivity index (χ3n) is 3.21. The predicted molar refractivity (Wildman–Crippen MR) is 85.0 cm³/mol. The molecule has 3 rings (SSSR count). The Hall–Kier alpha value is -2.73. The van der Waals surface area contributed by atoms with E-state index in [9.17, 15) is 9.18 Å². The molecule has 0 aliphatic rings. The molecular weight excluding hydrogens is 335 g/mol. The number of nitrogens with zero attached hydrogens (tertiary/aromatic N) is 2. The van der Waals surface area contributed by atoms with Crippen molar-refractivity contribution in [2.45, 2.75) is 13.5 Å². The van der Waals surface area contributed by atoms with E-state index in [0.29, 0.717) is 5.89 Å². The summed E-state index contributed by atoms with van der Waals surface area (Å²) in [5, 5.41) is 7.92.